The van der Waals surface area contributed by atoms with Crippen LogP contribution in [0.4, 0.5) is 5.82 Å². The molecule has 1 atom stereocenters. The van der Waals surface area contributed by atoms with Gasteiger partial charge in [0.1, 0.15) is 6.04 Å². The van der Waals surface area contributed by atoms with Crippen LogP contribution >= 0.6 is 0 Å². The molecule has 2 aromatic rings. The molecule has 106 valence electrons. The zero-order chi connectivity index (χ0) is 14.7. The van der Waals surface area contributed by atoms with Crippen LogP contribution in [0.5, 0.6) is 0 Å². The monoisotopic (exact) mass is 284 g/mol. The van der Waals surface area contributed by atoms with Crippen molar-refractivity contribution in [1.29, 1.82) is 0 Å². The number of benzene rings is 1. The summed E-state index contributed by atoms with van der Waals surface area (Å²) in [6, 6.07) is 4.74. The minimum absolute atomic E-state index is 0.229. The molecule has 0 radical (unpaired) electrons. The highest BCUT2D eigenvalue weighted by Crippen LogP contribution is 2.38. The predicted octanol–water partition coefficient (Wildman–Crippen LogP) is 0.339. The molecule has 1 aromatic heterocycles. The smallest absolute Gasteiger partial charge is 0.261 e. The highest BCUT2D eigenvalue weighted by atomic mass is 16.2. The topological polar surface area (TPSA) is 84.3 Å². The molecular weight excluding hydrogens is 272 g/mol. The van der Waals surface area contributed by atoms with E-state index >= 15 is 0 Å². The SMILES string of the molecule is Cn1nc2c3c(cccc31)C(=O)N2C1CCC(=O)NC1=O. The Labute approximate surface area is 119 Å². The minimum atomic E-state index is -0.680. The second-order valence-electron chi connectivity index (χ2n) is 5.29. The van der Waals surface area contributed by atoms with Crippen LogP contribution in [0.2, 0.25) is 0 Å². The third-order valence-electron chi connectivity index (χ3n) is 4.06. The lowest BCUT2D eigenvalue weighted by molar-refractivity contribution is -0.134. The summed E-state index contributed by atoms with van der Waals surface area (Å²) in [4.78, 5) is 37.3. The van der Waals surface area contributed by atoms with E-state index in [2.05, 4.69) is 10.4 Å². The second kappa shape index (κ2) is 3.91. The molecule has 0 bridgehead atoms. The van der Waals surface area contributed by atoms with Crippen LogP contribution in [0.1, 0.15) is 23.2 Å². The zero-order valence-corrected chi connectivity index (χ0v) is 11.3. The Morgan fingerprint density at radius 2 is 2.10 bits per heavy atom. The van der Waals surface area contributed by atoms with Gasteiger partial charge in [0.05, 0.1) is 16.5 Å². The lowest BCUT2D eigenvalue weighted by Gasteiger charge is -2.28. The van der Waals surface area contributed by atoms with Crippen molar-refractivity contribution in [3.8, 4) is 0 Å². The summed E-state index contributed by atoms with van der Waals surface area (Å²) in [5.41, 5.74) is 1.41. The van der Waals surface area contributed by atoms with Crippen molar-refractivity contribution in [2.45, 2.75) is 18.9 Å². The average molecular weight is 284 g/mol. The minimum Gasteiger partial charge on any atom is -0.295 e. The molecule has 4 rings (SSSR count). The van der Waals surface area contributed by atoms with Crippen molar-refractivity contribution in [1.82, 2.24) is 15.1 Å². The predicted molar refractivity (Wildman–Crippen MR) is 73.7 cm³/mol. The fourth-order valence-electron chi connectivity index (χ4n) is 3.08. The summed E-state index contributed by atoms with van der Waals surface area (Å²) in [5.74, 6) is -0.464. The number of aromatic nitrogens is 2. The third kappa shape index (κ3) is 1.48. The van der Waals surface area contributed by atoms with Crippen LogP contribution in [-0.2, 0) is 16.6 Å². The van der Waals surface area contributed by atoms with E-state index in [-0.39, 0.29) is 18.2 Å². The fourth-order valence-corrected chi connectivity index (χ4v) is 3.08. The highest BCUT2D eigenvalue weighted by molar-refractivity contribution is 6.26. The zero-order valence-electron chi connectivity index (χ0n) is 11.3. The van der Waals surface area contributed by atoms with Crippen molar-refractivity contribution in [2.75, 3.05) is 4.90 Å². The summed E-state index contributed by atoms with van der Waals surface area (Å²) < 4.78 is 1.69. The third-order valence-corrected chi connectivity index (χ3v) is 4.06. The average Bonchev–Trinajstić information content (AvgIpc) is 2.92. The summed E-state index contributed by atoms with van der Waals surface area (Å²) in [6.07, 6.45) is 0.551. The van der Waals surface area contributed by atoms with Crippen molar-refractivity contribution in [3.05, 3.63) is 23.8 Å². The van der Waals surface area contributed by atoms with Gasteiger partial charge in [-0.15, -0.1) is 0 Å². The molecule has 7 heteroatoms. The molecule has 1 saturated heterocycles. The van der Waals surface area contributed by atoms with Crippen LogP contribution in [0.25, 0.3) is 10.9 Å². The number of hydrogen-bond donors (Lipinski definition) is 1. The van der Waals surface area contributed by atoms with Gasteiger partial charge < -0.3 is 0 Å². The van der Waals surface area contributed by atoms with Gasteiger partial charge >= 0.3 is 0 Å². The number of carbonyl (C=O) groups excluding carboxylic acids is 3. The van der Waals surface area contributed by atoms with Gasteiger partial charge in [-0.1, -0.05) is 6.07 Å². The molecule has 0 saturated carbocycles. The van der Waals surface area contributed by atoms with Crippen LogP contribution in [0, 0.1) is 0 Å². The molecule has 3 heterocycles. The summed E-state index contributed by atoms with van der Waals surface area (Å²) in [6.45, 7) is 0. The molecule has 7 nitrogen and oxygen atoms in total. The number of amides is 3. The van der Waals surface area contributed by atoms with Gasteiger partial charge in [-0.3, -0.25) is 29.3 Å². The van der Waals surface area contributed by atoms with E-state index in [1.807, 2.05) is 6.07 Å². The van der Waals surface area contributed by atoms with Gasteiger partial charge in [-0.05, 0) is 18.6 Å². The molecule has 2 aliphatic rings. The molecule has 0 spiro atoms. The molecule has 1 aromatic carbocycles. The number of nitrogens with zero attached hydrogens (tertiary/aromatic N) is 3. The van der Waals surface area contributed by atoms with Crippen molar-refractivity contribution >= 4 is 34.4 Å². The Bertz CT molecular complexity index is 823. The van der Waals surface area contributed by atoms with Gasteiger partial charge in [0.2, 0.25) is 11.8 Å². The first-order valence-corrected chi connectivity index (χ1v) is 6.71. The van der Waals surface area contributed by atoms with Crippen molar-refractivity contribution < 1.29 is 14.4 Å². The maximum absolute atomic E-state index is 12.6. The van der Waals surface area contributed by atoms with Gasteiger partial charge in [-0.25, -0.2) is 0 Å². The number of carbonyl (C=O) groups is 3. The maximum atomic E-state index is 12.6. The molecular formula is C14H12N4O3. The van der Waals surface area contributed by atoms with E-state index in [0.717, 1.165) is 10.9 Å². The van der Waals surface area contributed by atoms with E-state index < -0.39 is 11.9 Å². The largest absolute Gasteiger partial charge is 0.295 e. The van der Waals surface area contributed by atoms with Crippen LogP contribution in [0.3, 0.4) is 0 Å². The number of nitrogens with one attached hydrogen (secondary N) is 1. The van der Waals surface area contributed by atoms with Gasteiger partial charge in [-0.2, -0.15) is 5.10 Å². The molecule has 21 heavy (non-hydrogen) atoms. The first kappa shape index (κ1) is 12.1. The van der Waals surface area contributed by atoms with Crippen molar-refractivity contribution in [3.63, 3.8) is 0 Å². The highest BCUT2D eigenvalue weighted by Gasteiger charge is 2.42. The van der Waals surface area contributed by atoms with E-state index in [1.165, 1.54) is 4.90 Å². The Morgan fingerprint density at radius 1 is 1.29 bits per heavy atom. The van der Waals surface area contributed by atoms with Crippen LogP contribution < -0.4 is 10.2 Å². The van der Waals surface area contributed by atoms with Gasteiger partial charge in [0.25, 0.3) is 5.91 Å². The van der Waals surface area contributed by atoms with Gasteiger partial charge in [0, 0.05) is 13.5 Å². The quantitative estimate of drug-likeness (QED) is 0.765. The fraction of sp³-hybridized carbons (Fsp3) is 0.286. The van der Waals surface area contributed by atoms with E-state index in [1.54, 1.807) is 23.9 Å². The molecule has 1 unspecified atom stereocenters. The van der Waals surface area contributed by atoms with Crippen LogP contribution in [0.15, 0.2) is 18.2 Å². The number of rotatable bonds is 1. The molecule has 1 fully saturated rings. The van der Waals surface area contributed by atoms with Gasteiger partial charge in [0.15, 0.2) is 5.82 Å². The number of imide groups is 1. The van der Waals surface area contributed by atoms with E-state index in [4.69, 9.17) is 0 Å². The summed E-state index contributed by atoms with van der Waals surface area (Å²) in [5, 5.41) is 7.44. The summed E-state index contributed by atoms with van der Waals surface area (Å²) >= 11 is 0. The lowest BCUT2D eigenvalue weighted by atomic mass is 10.0. The Morgan fingerprint density at radius 3 is 2.86 bits per heavy atom. The summed E-state index contributed by atoms with van der Waals surface area (Å²) in [7, 11) is 1.80. The van der Waals surface area contributed by atoms with Crippen molar-refractivity contribution in [2.24, 2.45) is 7.05 Å². The molecule has 1 N–H and O–H groups in total. The number of hydrogen-bond acceptors (Lipinski definition) is 4. The first-order valence-electron chi connectivity index (χ1n) is 6.71. The molecule has 3 amide bonds. The maximum Gasteiger partial charge on any atom is 0.261 e. The van der Waals surface area contributed by atoms with E-state index in [9.17, 15) is 14.4 Å². The Kier molecular flexibility index (Phi) is 2.25. The number of aryl methyl sites for hydroxylation is 1. The first-order chi connectivity index (χ1) is 10.1. The lowest BCUT2D eigenvalue weighted by Crippen LogP contribution is -2.53. The normalized spacial score (nSPS) is 21.3. The van der Waals surface area contributed by atoms with Crippen LogP contribution in [-0.4, -0.2) is 33.5 Å². The molecule has 2 aliphatic heterocycles. The number of piperidine rings is 1. The second-order valence-corrected chi connectivity index (χ2v) is 5.29. The Hall–Kier alpha value is -2.70. The van der Waals surface area contributed by atoms with E-state index in [0.29, 0.717) is 17.8 Å². The Balaban J connectivity index is 1.86. The standard InChI is InChI=1S/C14H12N4O3/c1-17-8-4-2-3-7-11(8)12(16-17)18(14(7)21)9-5-6-10(19)15-13(9)20/h2-4,9H,5-6H2,1H3,(H,15,19,20). The number of anilines is 1. The molecule has 0 aliphatic carbocycles.